The van der Waals surface area contributed by atoms with Crippen LogP contribution in [0.25, 0.3) is 0 Å². The number of amides is 4. The zero-order valence-electron chi connectivity index (χ0n) is 25.3. The van der Waals surface area contributed by atoms with Gasteiger partial charge in [0.25, 0.3) is 0 Å². The van der Waals surface area contributed by atoms with Gasteiger partial charge in [-0.25, -0.2) is 4.79 Å². The molecular formula is C31H43BrN4O7. The molecule has 4 unspecified atom stereocenters. The van der Waals surface area contributed by atoms with Crippen LogP contribution < -0.4 is 20.7 Å². The summed E-state index contributed by atoms with van der Waals surface area (Å²) in [6.07, 6.45) is 5.34. The van der Waals surface area contributed by atoms with Gasteiger partial charge in [-0.2, -0.15) is 0 Å². The van der Waals surface area contributed by atoms with Crippen LogP contribution in [0.5, 0.6) is 5.75 Å². The van der Waals surface area contributed by atoms with Crippen molar-refractivity contribution in [3.63, 3.8) is 0 Å². The number of esters is 1. The molecule has 2 aliphatic carbocycles. The van der Waals surface area contributed by atoms with Crippen LogP contribution in [0.15, 0.2) is 28.7 Å². The topological polar surface area (TPSA) is 143 Å². The Morgan fingerprint density at radius 1 is 1.00 bits per heavy atom. The molecule has 12 heteroatoms. The van der Waals surface area contributed by atoms with Crippen LogP contribution in [0.3, 0.4) is 0 Å². The summed E-state index contributed by atoms with van der Waals surface area (Å²) in [6.45, 7) is 5.16. The zero-order chi connectivity index (χ0) is 31.3. The second kappa shape index (κ2) is 14.1. The van der Waals surface area contributed by atoms with E-state index in [1.807, 2.05) is 26.0 Å². The molecule has 1 aliphatic heterocycles. The highest BCUT2D eigenvalue weighted by Crippen LogP contribution is 2.37. The average Bonchev–Trinajstić information content (AvgIpc) is 3.64. The van der Waals surface area contributed by atoms with Gasteiger partial charge in [0.1, 0.15) is 35.5 Å². The Morgan fingerprint density at radius 3 is 2.21 bits per heavy atom. The number of likely N-dealkylation sites (tertiary alicyclic amines) is 1. The first-order valence-corrected chi connectivity index (χ1v) is 15.9. The van der Waals surface area contributed by atoms with Gasteiger partial charge in [-0.15, -0.1) is 0 Å². The molecule has 3 aliphatic rings. The number of ether oxygens (including phenoxy) is 2. The predicted molar refractivity (Wildman–Crippen MR) is 162 cm³/mol. The fourth-order valence-corrected chi connectivity index (χ4v) is 6.38. The normalized spacial score (nSPS) is 22.7. The van der Waals surface area contributed by atoms with Crippen molar-refractivity contribution >= 4 is 45.5 Å². The number of nitrogens with zero attached hydrogens (tertiary/aromatic N) is 1. The van der Waals surface area contributed by atoms with E-state index in [0.29, 0.717) is 18.6 Å². The van der Waals surface area contributed by atoms with Gasteiger partial charge in [-0.05, 0) is 61.8 Å². The Morgan fingerprint density at radius 2 is 1.65 bits per heavy atom. The molecular weight excluding hydrogens is 620 g/mol. The lowest BCUT2D eigenvalue weighted by molar-refractivity contribution is -0.148. The van der Waals surface area contributed by atoms with Crippen molar-refractivity contribution in [2.24, 2.45) is 11.8 Å². The first-order valence-electron chi connectivity index (χ1n) is 15.1. The van der Waals surface area contributed by atoms with Gasteiger partial charge in [0.2, 0.25) is 23.6 Å². The summed E-state index contributed by atoms with van der Waals surface area (Å²) in [5.41, 5.74) is -1.08. The number of benzene rings is 1. The summed E-state index contributed by atoms with van der Waals surface area (Å²) in [6, 6.07) is 4.67. The van der Waals surface area contributed by atoms with Gasteiger partial charge < -0.3 is 30.3 Å². The van der Waals surface area contributed by atoms with Crippen LogP contribution >= 0.6 is 15.9 Å². The largest absolute Gasteiger partial charge is 0.488 e. The zero-order valence-corrected chi connectivity index (χ0v) is 26.9. The lowest BCUT2D eigenvalue weighted by atomic mass is 9.83. The third-order valence-electron chi connectivity index (χ3n) is 8.65. The molecule has 1 saturated heterocycles. The number of methoxy groups -OCH3 is 1. The van der Waals surface area contributed by atoms with Crippen molar-refractivity contribution in [3.05, 3.63) is 28.7 Å². The van der Waals surface area contributed by atoms with Crippen molar-refractivity contribution < 1.29 is 33.4 Å². The van der Waals surface area contributed by atoms with Crippen molar-refractivity contribution in [3.8, 4) is 5.75 Å². The monoisotopic (exact) mass is 662 g/mol. The maximum absolute atomic E-state index is 14.2. The number of hydrogen-bond acceptors (Lipinski definition) is 7. The predicted octanol–water partition coefficient (Wildman–Crippen LogP) is 2.85. The SMILES string of the molecule is COC(=O)C1(NC(=O)C2CC(Oc3ccc(Br)cc3)CN2C(=O)C(NC(=O)C(NC(C)=O)C2CCCCC2)C(C)C)CC1. The molecule has 43 heavy (non-hydrogen) atoms. The van der Waals surface area contributed by atoms with Crippen LogP contribution in [0.4, 0.5) is 0 Å². The average molecular weight is 664 g/mol. The molecule has 2 saturated carbocycles. The number of halogens is 1. The number of nitrogens with one attached hydrogen (secondary N) is 3. The van der Waals surface area contributed by atoms with Crippen LogP contribution in [-0.2, 0) is 28.7 Å². The van der Waals surface area contributed by atoms with Crippen molar-refractivity contribution in [2.75, 3.05) is 13.7 Å². The Labute approximate surface area is 261 Å². The maximum Gasteiger partial charge on any atom is 0.331 e. The van der Waals surface area contributed by atoms with E-state index in [4.69, 9.17) is 9.47 Å². The molecule has 0 bridgehead atoms. The molecule has 1 heterocycles. The highest BCUT2D eigenvalue weighted by Gasteiger charge is 2.54. The van der Waals surface area contributed by atoms with Crippen molar-refractivity contribution in [2.45, 2.75) is 102 Å². The lowest BCUT2D eigenvalue weighted by Crippen LogP contribution is -2.60. The van der Waals surface area contributed by atoms with E-state index >= 15 is 0 Å². The quantitative estimate of drug-likeness (QED) is 0.309. The molecule has 4 atom stereocenters. The van der Waals surface area contributed by atoms with Gasteiger partial charge >= 0.3 is 5.97 Å². The second-order valence-corrected chi connectivity index (χ2v) is 13.2. The molecule has 3 fully saturated rings. The minimum absolute atomic E-state index is 0.0115. The molecule has 1 aromatic carbocycles. The Bertz CT molecular complexity index is 1200. The standard InChI is InChI=1S/C31H43BrN4O7/c1-18(2)25(34-28(39)26(33-19(3)37)20-8-6-5-7-9-20)29(40)36-17-23(43-22-12-10-21(32)11-13-22)16-24(36)27(38)35-31(14-15-31)30(41)42-4/h10-13,18,20,23-26H,5-9,14-17H2,1-4H3,(H,33,37)(H,34,39)(H,35,38). The maximum atomic E-state index is 14.2. The molecule has 0 aromatic heterocycles. The summed E-state index contributed by atoms with van der Waals surface area (Å²) >= 11 is 3.41. The highest BCUT2D eigenvalue weighted by molar-refractivity contribution is 9.10. The molecule has 236 valence electrons. The Balaban J connectivity index is 1.55. The minimum atomic E-state index is -1.08. The minimum Gasteiger partial charge on any atom is -0.488 e. The number of hydrogen-bond donors (Lipinski definition) is 3. The molecule has 3 N–H and O–H groups in total. The Hall–Kier alpha value is -3.15. The third-order valence-corrected chi connectivity index (χ3v) is 9.18. The van der Waals surface area contributed by atoms with E-state index < -0.39 is 53.5 Å². The second-order valence-electron chi connectivity index (χ2n) is 12.3. The molecule has 4 amide bonds. The van der Waals surface area contributed by atoms with E-state index in [1.165, 1.54) is 18.9 Å². The van der Waals surface area contributed by atoms with E-state index in [-0.39, 0.29) is 30.7 Å². The van der Waals surface area contributed by atoms with E-state index in [0.717, 1.165) is 36.6 Å². The number of carbonyl (C=O) groups is 5. The van der Waals surface area contributed by atoms with Gasteiger partial charge in [0.15, 0.2) is 0 Å². The van der Waals surface area contributed by atoms with E-state index in [9.17, 15) is 24.0 Å². The van der Waals surface area contributed by atoms with Gasteiger partial charge in [-0.1, -0.05) is 49.0 Å². The molecule has 0 spiro atoms. The van der Waals surface area contributed by atoms with E-state index in [1.54, 1.807) is 12.1 Å². The van der Waals surface area contributed by atoms with Crippen LogP contribution in [0, 0.1) is 11.8 Å². The lowest BCUT2D eigenvalue weighted by Gasteiger charge is -2.34. The molecule has 11 nitrogen and oxygen atoms in total. The van der Waals surface area contributed by atoms with Gasteiger partial charge in [-0.3, -0.25) is 19.2 Å². The van der Waals surface area contributed by atoms with Gasteiger partial charge in [0, 0.05) is 17.8 Å². The van der Waals surface area contributed by atoms with Crippen LogP contribution in [-0.4, -0.2) is 77.9 Å². The van der Waals surface area contributed by atoms with Crippen LogP contribution in [0.1, 0.15) is 72.1 Å². The summed E-state index contributed by atoms with van der Waals surface area (Å²) < 4.78 is 12.0. The van der Waals surface area contributed by atoms with Crippen LogP contribution in [0.2, 0.25) is 0 Å². The Kier molecular flexibility index (Phi) is 10.7. The van der Waals surface area contributed by atoms with Gasteiger partial charge in [0.05, 0.1) is 13.7 Å². The smallest absolute Gasteiger partial charge is 0.331 e. The number of rotatable bonds is 11. The summed E-state index contributed by atoms with van der Waals surface area (Å²) in [7, 11) is 1.28. The molecule has 4 rings (SSSR count). The third kappa shape index (κ3) is 8.07. The van der Waals surface area contributed by atoms with E-state index in [2.05, 4.69) is 31.9 Å². The number of carbonyl (C=O) groups excluding carboxylic acids is 5. The fourth-order valence-electron chi connectivity index (χ4n) is 6.12. The van der Waals surface area contributed by atoms with Crippen molar-refractivity contribution in [1.82, 2.24) is 20.9 Å². The first-order chi connectivity index (χ1) is 20.4. The molecule has 0 radical (unpaired) electrons. The summed E-state index contributed by atoms with van der Waals surface area (Å²) in [5.74, 6) is -1.83. The van der Waals surface area contributed by atoms with Crippen molar-refractivity contribution in [1.29, 1.82) is 0 Å². The summed E-state index contributed by atoms with van der Waals surface area (Å²) in [5, 5.41) is 8.55. The summed E-state index contributed by atoms with van der Waals surface area (Å²) in [4.78, 5) is 67.2. The fraction of sp³-hybridized carbons (Fsp3) is 0.645. The molecule has 1 aromatic rings. The highest BCUT2D eigenvalue weighted by atomic mass is 79.9. The first kappa shape index (κ1) is 32.8.